The molecule has 25 heavy (non-hydrogen) atoms. The Labute approximate surface area is 146 Å². The van der Waals surface area contributed by atoms with Gasteiger partial charge in [0.2, 0.25) is 0 Å². The van der Waals surface area contributed by atoms with Crippen molar-refractivity contribution < 1.29 is 35.7 Å². The van der Waals surface area contributed by atoms with E-state index in [1.165, 1.54) is 19.3 Å². The molecule has 146 valence electrons. The molecule has 1 N–H and O–H groups in total. The van der Waals surface area contributed by atoms with Crippen molar-refractivity contribution in [3.63, 3.8) is 0 Å². The van der Waals surface area contributed by atoms with E-state index < -0.39 is 28.2 Å². The number of unbranched alkanes of at least 4 members (excludes halogenated alkanes) is 1. The first kappa shape index (κ1) is 20.5. The second-order valence-corrected chi connectivity index (χ2v) is 9.19. The van der Waals surface area contributed by atoms with Crippen LogP contribution < -0.4 is 0 Å². The number of hydrogen-bond acceptors (Lipinski definition) is 4. The molecular formula is C16H25F3O5S. The van der Waals surface area contributed by atoms with E-state index in [1.807, 2.05) is 0 Å². The lowest BCUT2D eigenvalue weighted by molar-refractivity contribution is -0.164. The fraction of sp³-hybridized carbons (Fsp3) is 0.938. The highest BCUT2D eigenvalue weighted by Crippen LogP contribution is 2.60. The quantitative estimate of drug-likeness (QED) is 0.440. The Morgan fingerprint density at radius 2 is 1.56 bits per heavy atom. The van der Waals surface area contributed by atoms with Crippen molar-refractivity contribution in [2.24, 2.45) is 23.2 Å². The molecule has 4 fully saturated rings. The van der Waals surface area contributed by atoms with Crippen LogP contribution in [-0.2, 0) is 19.1 Å². The molecule has 0 aromatic carbocycles. The Balaban J connectivity index is 0.000000182. The molecule has 4 bridgehead atoms. The fourth-order valence-electron chi connectivity index (χ4n) is 4.75. The summed E-state index contributed by atoms with van der Waals surface area (Å²) in [6.45, 7) is 1.29. The molecule has 0 heterocycles. The van der Waals surface area contributed by atoms with Gasteiger partial charge in [-0.25, -0.2) is 0 Å². The fourth-order valence-corrected chi connectivity index (χ4v) is 5.22. The van der Waals surface area contributed by atoms with Crippen molar-refractivity contribution in [1.29, 1.82) is 0 Å². The molecule has 0 spiro atoms. The van der Waals surface area contributed by atoms with Crippen LogP contribution in [0.1, 0.15) is 58.3 Å². The lowest BCUT2D eigenvalue weighted by atomic mass is 9.49. The number of carbonyl (C=O) groups is 1. The van der Waals surface area contributed by atoms with Gasteiger partial charge in [0.25, 0.3) is 0 Å². The average Bonchev–Trinajstić information content (AvgIpc) is 2.45. The zero-order valence-electron chi connectivity index (χ0n) is 14.2. The lowest BCUT2D eigenvalue weighted by Gasteiger charge is -2.54. The van der Waals surface area contributed by atoms with Gasteiger partial charge in [0.15, 0.2) is 0 Å². The molecule has 4 aliphatic carbocycles. The summed E-state index contributed by atoms with van der Waals surface area (Å²) in [4.78, 5) is 11.3. The summed E-state index contributed by atoms with van der Waals surface area (Å²) in [7, 11) is -5.37. The van der Waals surface area contributed by atoms with Crippen LogP contribution in [0.2, 0.25) is 0 Å². The lowest BCUT2D eigenvalue weighted by Crippen LogP contribution is -2.49. The number of hydrogen-bond donors (Lipinski definition) is 1. The molecule has 4 saturated carbocycles. The van der Waals surface area contributed by atoms with Crippen LogP contribution in [0.4, 0.5) is 13.2 Å². The van der Waals surface area contributed by atoms with Gasteiger partial charge in [-0.05, 0) is 62.7 Å². The minimum atomic E-state index is -5.37. The molecular weight excluding hydrogens is 361 g/mol. The molecule has 4 rings (SSSR count). The van der Waals surface area contributed by atoms with Gasteiger partial charge >= 0.3 is 21.6 Å². The first-order chi connectivity index (χ1) is 11.5. The van der Waals surface area contributed by atoms with Crippen LogP contribution in [0.15, 0.2) is 0 Å². The molecule has 0 aromatic heterocycles. The number of carboxylic acid groups (broad SMARTS) is 1. The third-order valence-corrected chi connectivity index (χ3v) is 6.56. The highest BCUT2D eigenvalue weighted by molar-refractivity contribution is 7.87. The van der Waals surface area contributed by atoms with Crippen molar-refractivity contribution in [2.75, 3.05) is 6.61 Å². The summed E-state index contributed by atoms with van der Waals surface area (Å²) in [5, 5.41) is 9.28. The van der Waals surface area contributed by atoms with Gasteiger partial charge < -0.3 is 5.11 Å². The van der Waals surface area contributed by atoms with Gasteiger partial charge in [-0.15, -0.1) is 0 Å². The van der Waals surface area contributed by atoms with Crippen LogP contribution >= 0.6 is 0 Å². The molecule has 0 unspecified atom stereocenters. The van der Waals surface area contributed by atoms with E-state index in [0.29, 0.717) is 6.42 Å². The summed E-state index contributed by atoms with van der Waals surface area (Å²) in [6, 6.07) is 0. The topological polar surface area (TPSA) is 80.7 Å². The Hall–Kier alpha value is -0.830. The van der Waals surface area contributed by atoms with Crippen LogP contribution in [0.5, 0.6) is 0 Å². The zero-order chi connectivity index (χ0) is 18.9. The van der Waals surface area contributed by atoms with E-state index in [2.05, 4.69) is 4.18 Å². The average molecular weight is 386 g/mol. The SMILES string of the molecule is CCCCOS(=O)(=O)C(F)(F)F.O=C(O)C12CC3CC(CC(C3)C1)C2. The maximum absolute atomic E-state index is 11.5. The number of halogens is 3. The van der Waals surface area contributed by atoms with Crippen molar-refractivity contribution >= 4 is 16.1 Å². The van der Waals surface area contributed by atoms with Gasteiger partial charge in [0.1, 0.15) is 0 Å². The maximum atomic E-state index is 11.5. The van der Waals surface area contributed by atoms with E-state index in [9.17, 15) is 31.5 Å². The van der Waals surface area contributed by atoms with Gasteiger partial charge in [0, 0.05) is 0 Å². The standard InChI is InChI=1S/C11H16O2.C5H9F3O3S/c12-10(13)11-4-7-1-8(5-11)3-9(2-7)6-11;1-2-3-4-11-12(9,10)5(6,7)8/h7-9H,1-6H2,(H,12,13);2-4H2,1H3. The Kier molecular flexibility index (Phi) is 6.08. The van der Waals surface area contributed by atoms with Gasteiger partial charge in [0.05, 0.1) is 12.0 Å². The minimum absolute atomic E-state index is 0.283. The summed E-state index contributed by atoms with van der Waals surface area (Å²) in [5.41, 5.74) is -5.59. The van der Waals surface area contributed by atoms with Crippen molar-refractivity contribution in [3.8, 4) is 0 Å². The number of carboxylic acids is 1. The highest BCUT2D eigenvalue weighted by atomic mass is 32.2. The maximum Gasteiger partial charge on any atom is 0.523 e. The first-order valence-corrected chi connectivity index (χ1v) is 10.1. The number of aliphatic carboxylic acids is 1. The summed E-state index contributed by atoms with van der Waals surface area (Å²) in [6.07, 6.45) is 7.78. The summed E-state index contributed by atoms with van der Waals surface area (Å²) < 4.78 is 58.7. The Morgan fingerprint density at radius 3 is 1.88 bits per heavy atom. The predicted molar refractivity (Wildman–Crippen MR) is 84.1 cm³/mol. The smallest absolute Gasteiger partial charge is 0.481 e. The molecule has 0 amide bonds. The van der Waals surface area contributed by atoms with Crippen molar-refractivity contribution in [2.45, 2.75) is 63.8 Å². The molecule has 0 radical (unpaired) electrons. The Morgan fingerprint density at radius 1 is 1.12 bits per heavy atom. The number of alkyl halides is 3. The predicted octanol–water partition coefficient (Wildman–Crippen LogP) is 3.94. The third-order valence-electron chi connectivity index (χ3n) is 5.51. The molecule has 5 nitrogen and oxygen atoms in total. The molecule has 9 heteroatoms. The van der Waals surface area contributed by atoms with E-state index in [0.717, 1.165) is 37.0 Å². The molecule has 4 aliphatic rings. The van der Waals surface area contributed by atoms with Crippen molar-refractivity contribution in [1.82, 2.24) is 0 Å². The van der Waals surface area contributed by atoms with E-state index in [-0.39, 0.29) is 11.8 Å². The van der Waals surface area contributed by atoms with Gasteiger partial charge in [-0.1, -0.05) is 13.3 Å². The largest absolute Gasteiger partial charge is 0.523 e. The van der Waals surface area contributed by atoms with E-state index >= 15 is 0 Å². The molecule has 0 atom stereocenters. The van der Waals surface area contributed by atoms with Gasteiger partial charge in [-0.2, -0.15) is 21.6 Å². The van der Waals surface area contributed by atoms with Gasteiger partial charge in [-0.3, -0.25) is 8.98 Å². The molecule has 0 saturated heterocycles. The summed E-state index contributed by atoms with van der Waals surface area (Å²) in [5.74, 6) is 1.75. The normalized spacial score (nSPS) is 33.7. The monoisotopic (exact) mass is 386 g/mol. The van der Waals surface area contributed by atoms with Crippen molar-refractivity contribution in [3.05, 3.63) is 0 Å². The van der Waals surface area contributed by atoms with Crippen LogP contribution in [0.3, 0.4) is 0 Å². The highest BCUT2D eigenvalue weighted by Gasteiger charge is 2.54. The minimum Gasteiger partial charge on any atom is -0.481 e. The first-order valence-electron chi connectivity index (χ1n) is 8.68. The molecule has 0 aliphatic heterocycles. The second kappa shape index (κ2) is 7.42. The molecule has 0 aromatic rings. The van der Waals surface area contributed by atoms with Crippen LogP contribution in [0.25, 0.3) is 0 Å². The van der Waals surface area contributed by atoms with Crippen LogP contribution in [-0.4, -0.2) is 31.6 Å². The second-order valence-electron chi connectivity index (χ2n) is 7.58. The van der Waals surface area contributed by atoms with Crippen LogP contribution in [0, 0.1) is 23.2 Å². The number of rotatable bonds is 5. The van der Waals surface area contributed by atoms with E-state index in [4.69, 9.17) is 0 Å². The Bertz CT molecular complexity index is 550. The third kappa shape index (κ3) is 4.67. The van der Waals surface area contributed by atoms with E-state index in [1.54, 1.807) is 6.92 Å². The zero-order valence-corrected chi connectivity index (χ0v) is 15.0. The summed E-state index contributed by atoms with van der Waals surface area (Å²) >= 11 is 0.